The molecule has 1 rings (SSSR count). The molecule has 0 unspecified atom stereocenters. The van der Waals surface area contributed by atoms with Crippen molar-refractivity contribution >= 4 is 11.9 Å². The zero-order valence-corrected chi connectivity index (χ0v) is 8.98. The molecule has 0 bridgehead atoms. The number of hydrogen-bond acceptors (Lipinski definition) is 5. The summed E-state index contributed by atoms with van der Waals surface area (Å²) in [5.74, 6) is -4.02. The van der Waals surface area contributed by atoms with E-state index in [1.54, 1.807) is 0 Å². The van der Waals surface area contributed by atoms with Crippen LogP contribution < -0.4 is 5.32 Å². The Labute approximate surface area is 98.0 Å². The minimum Gasteiger partial charge on any atom is -0.480 e. The molecular weight excluding hydrogens is 259 g/mol. The Morgan fingerprint density at radius 1 is 1.44 bits per heavy atom. The number of hydrogen-bond donors (Lipinski definition) is 2. The van der Waals surface area contributed by atoms with Gasteiger partial charge >= 0.3 is 18.1 Å². The van der Waals surface area contributed by atoms with E-state index in [0.717, 1.165) is 0 Å². The van der Waals surface area contributed by atoms with Gasteiger partial charge in [0.15, 0.2) is 0 Å². The molecule has 7 nitrogen and oxygen atoms in total. The summed E-state index contributed by atoms with van der Waals surface area (Å²) in [6, 6.07) is -1.79. The van der Waals surface area contributed by atoms with Crippen molar-refractivity contribution in [1.29, 1.82) is 0 Å². The molecule has 2 N–H and O–H groups in total. The van der Waals surface area contributed by atoms with Crippen molar-refractivity contribution in [2.24, 2.45) is 0 Å². The Hall–Kier alpha value is -2.13. The van der Waals surface area contributed by atoms with Crippen LogP contribution >= 0.6 is 0 Å². The quantitative estimate of drug-likeness (QED) is 0.798. The molecule has 0 saturated carbocycles. The summed E-state index contributed by atoms with van der Waals surface area (Å²) in [4.78, 5) is 21.3. The zero-order chi connectivity index (χ0) is 13.9. The highest BCUT2D eigenvalue weighted by molar-refractivity contribution is 5.86. The minimum atomic E-state index is -5.15. The number of amides is 1. The SMILES string of the molecule is Cc1nnc(C[C@H](NC(=O)C(F)(F)F)C(=O)O)o1. The van der Waals surface area contributed by atoms with Crippen molar-refractivity contribution in [2.45, 2.75) is 25.6 Å². The monoisotopic (exact) mass is 267 g/mol. The Morgan fingerprint density at radius 2 is 2.06 bits per heavy atom. The van der Waals surface area contributed by atoms with E-state index in [4.69, 9.17) is 9.52 Å². The standard InChI is InChI=1S/C8H8F3N3O4/c1-3-13-14-5(18-3)2-4(6(15)16)12-7(17)8(9,10)11/h4H,2H2,1H3,(H,12,17)(H,15,16)/t4-/m0/s1. The van der Waals surface area contributed by atoms with Gasteiger partial charge in [-0.3, -0.25) is 4.79 Å². The summed E-state index contributed by atoms with van der Waals surface area (Å²) < 4.78 is 40.7. The second-order valence-electron chi connectivity index (χ2n) is 3.28. The van der Waals surface area contributed by atoms with Crippen LogP contribution in [0.4, 0.5) is 13.2 Å². The van der Waals surface area contributed by atoms with Gasteiger partial charge in [0, 0.05) is 6.92 Å². The van der Waals surface area contributed by atoms with E-state index in [-0.39, 0.29) is 11.8 Å². The van der Waals surface area contributed by atoms with Gasteiger partial charge in [0.05, 0.1) is 6.42 Å². The number of nitrogens with zero attached hydrogens (tertiary/aromatic N) is 2. The van der Waals surface area contributed by atoms with Crippen molar-refractivity contribution < 1.29 is 32.3 Å². The third-order valence-electron chi connectivity index (χ3n) is 1.81. The molecule has 100 valence electrons. The van der Waals surface area contributed by atoms with Crippen LogP contribution in [0.2, 0.25) is 0 Å². The number of carboxylic acids is 1. The molecule has 18 heavy (non-hydrogen) atoms. The summed E-state index contributed by atoms with van der Waals surface area (Å²) in [5, 5.41) is 16.8. The molecule has 0 radical (unpaired) electrons. The Morgan fingerprint density at radius 3 is 2.44 bits per heavy atom. The number of carboxylic acid groups (broad SMARTS) is 1. The molecule has 10 heteroatoms. The van der Waals surface area contributed by atoms with Gasteiger partial charge in [-0.05, 0) is 0 Å². The number of rotatable bonds is 4. The first-order valence-electron chi connectivity index (χ1n) is 4.59. The maximum absolute atomic E-state index is 12.0. The molecule has 1 aromatic rings. The Bertz CT molecular complexity index is 457. The smallest absolute Gasteiger partial charge is 0.471 e. The van der Waals surface area contributed by atoms with E-state index < -0.39 is 30.5 Å². The van der Waals surface area contributed by atoms with Crippen LogP contribution in [0.1, 0.15) is 11.8 Å². The number of halogens is 3. The molecule has 0 fully saturated rings. The lowest BCUT2D eigenvalue weighted by Crippen LogP contribution is -2.47. The van der Waals surface area contributed by atoms with Crippen LogP contribution in [0.15, 0.2) is 4.42 Å². The van der Waals surface area contributed by atoms with E-state index in [0.29, 0.717) is 0 Å². The average Bonchev–Trinajstić information content (AvgIpc) is 2.61. The number of alkyl halides is 3. The average molecular weight is 267 g/mol. The normalized spacial score (nSPS) is 13.1. The molecule has 0 aliphatic rings. The van der Waals surface area contributed by atoms with Crippen LogP contribution in [0.25, 0.3) is 0 Å². The molecular formula is C8H8F3N3O4. The summed E-state index contributed by atoms with van der Waals surface area (Å²) >= 11 is 0. The number of carbonyl (C=O) groups is 2. The summed E-state index contributed by atoms with van der Waals surface area (Å²) in [6.07, 6.45) is -5.68. The molecule has 1 aromatic heterocycles. The van der Waals surface area contributed by atoms with E-state index in [1.807, 2.05) is 0 Å². The van der Waals surface area contributed by atoms with Crippen molar-refractivity contribution in [3.05, 3.63) is 11.8 Å². The zero-order valence-electron chi connectivity index (χ0n) is 8.98. The predicted octanol–water partition coefficient (Wildman–Crippen LogP) is 0.0522. The predicted molar refractivity (Wildman–Crippen MR) is 48.4 cm³/mol. The van der Waals surface area contributed by atoms with Crippen molar-refractivity contribution in [1.82, 2.24) is 15.5 Å². The van der Waals surface area contributed by atoms with Crippen molar-refractivity contribution in [2.75, 3.05) is 0 Å². The second kappa shape index (κ2) is 5.02. The lowest BCUT2D eigenvalue weighted by atomic mass is 10.2. The highest BCUT2D eigenvalue weighted by atomic mass is 19.4. The minimum absolute atomic E-state index is 0.135. The largest absolute Gasteiger partial charge is 0.480 e. The molecule has 1 heterocycles. The highest BCUT2D eigenvalue weighted by Crippen LogP contribution is 2.15. The van der Waals surface area contributed by atoms with Crippen LogP contribution in [-0.4, -0.2) is 39.4 Å². The van der Waals surface area contributed by atoms with E-state index in [1.165, 1.54) is 12.2 Å². The van der Waals surface area contributed by atoms with Crippen LogP contribution in [-0.2, 0) is 16.0 Å². The van der Waals surface area contributed by atoms with Gasteiger partial charge in [0.25, 0.3) is 0 Å². The first-order chi connectivity index (χ1) is 8.20. The van der Waals surface area contributed by atoms with Gasteiger partial charge < -0.3 is 14.8 Å². The topological polar surface area (TPSA) is 105 Å². The summed E-state index contributed by atoms with van der Waals surface area (Å²) in [7, 11) is 0. The number of aliphatic carboxylic acids is 1. The lowest BCUT2D eigenvalue weighted by molar-refractivity contribution is -0.175. The maximum atomic E-state index is 12.0. The molecule has 0 aliphatic carbocycles. The molecule has 0 aromatic carbocycles. The van der Waals surface area contributed by atoms with Crippen LogP contribution in [0.5, 0.6) is 0 Å². The summed E-state index contributed by atoms with van der Waals surface area (Å²) in [5.41, 5.74) is 0. The van der Waals surface area contributed by atoms with Gasteiger partial charge in [-0.2, -0.15) is 13.2 Å². The van der Waals surface area contributed by atoms with Gasteiger partial charge in [0.2, 0.25) is 11.8 Å². The fourth-order valence-electron chi connectivity index (χ4n) is 1.03. The van der Waals surface area contributed by atoms with Gasteiger partial charge in [-0.15, -0.1) is 10.2 Å². The first-order valence-corrected chi connectivity index (χ1v) is 4.59. The first kappa shape index (κ1) is 13.9. The second-order valence-corrected chi connectivity index (χ2v) is 3.28. The van der Waals surface area contributed by atoms with Crippen LogP contribution in [0, 0.1) is 6.92 Å². The molecule has 0 spiro atoms. The molecule has 1 amide bonds. The number of nitrogens with one attached hydrogen (secondary N) is 1. The number of carbonyl (C=O) groups excluding carboxylic acids is 1. The number of aryl methyl sites for hydroxylation is 1. The number of aromatic nitrogens is 2. The molecule has 0 saturated heterocycles. The van der Waals surface area contributed by atoms with Crippen molar-refractivity contribution in [3.63, 3.8) is 0 Å². The van der Waals surface area contributed by atoms with Gasteiger partial charge in [0.1, 0.15) is 6.04 Å². The molecule has 1 atom stereocenters. The Kier molecular flexibility index (Phi) is 3.89. The molecule has 0 aliphatic heterocycles. The highest BCUT2D eigenvalue weighted by Gasteiger charge is 2.41. The maximum Gasteiger partial charge on any atom is 0.471 e. The fraction of sp³-hybridized carbons (Fsp3) is 0.500. The summed E-state index contributed by atoms with van der Waals surface area (Å²) in [6.45, 7) is 1.43. The van der Waals surface area contributed by atoms with E-state index in [2.05, 4.69) is 10.2 Å². The third kappa shape index (κ3) is 3.71. The fourth-order valence-corrected chi connectivity index (χ4v) is 1.03. The van der Waals surface area contributed by atoms with Gasteiger partial charge in [-0.1, -0.05) is 0 Å². The van der Waals surface area contributed by atoms with E-state index >= 15 is 0 Å². The van der Waals surface area contributed by atoms with Crippen molar-refractivity contribution in [3.8, 4) is 0 Å². The Balaban J connectivity index is 2.73. The van der Waals surface area contributed by atoms with Crippen LogP contribution in [0.3, 0.4) is 0 Å². The third-order valence-corrected chi connectivity index (χ3v) is 1.81. The van der Waals surface area contributed by atoms with E-state index in [9.17, 15) is 22.8 Å². The lowest BCUT2D eigenvalue weighted by Gasteiger charge is -2.13. The van der Waals surface area contributed by atoms with Gasteiger partial charge in [-0.25, -0.2) is 4.79 Å².